The number of sulfonamides is 1. The van der Waals surface area contributed by atoms with Crippen LogP contribution < -0.4 is 10.3 Å². The van der Waals surface area contributed by atoms with Gasteiger partial charge in [0.25, 0.3) is 5.56 Å². The number of benzene rings is 1. The number of H-pyrrole nitrogens is 1. The maximum Gasteiger partial charge on any atom is 0.317 e. The van der Waals surface area contributed by atoms with Crippen molar-refractivity contribution in [2.24, 2.45) is 7.05 Å². The second kappa shape index (κ2) is 10.4. The summed E-state index contributed by atoms with van der Waals surface area (Å²) in [5.41, 5.74) is 1.50. The molecule has 1 saturated heterocycles. The van der Waals surface area contributed by atoms with E-state index in [1.165, 1.54) is 21.1 Å². The highest BCUT2D eigenvalue weighted by Crippen LogP contribution is 2.32. The average molecular weight is 519 g/mol. The molecule has 4 rings (SSSR count). The monoisotopic (exact) mass is 518 g/mol. The van der Waals surface area contributed by atoms with Gasteiger partial charge in [0, 0.05) is 33.2 Å². The van der Waals surface area contributed by atoms with Crippen molar-refractivity contribution in [1.82, 2.24) is 29.0 Å². The van der Waals surface area contributed by atoms with Crippen molar-refractivity contribution in [1.29, 1.82) is 0 Å². The van der Waals surface area contributed by atoms with Crippen molar-refractivity contribution in [2.75, 3.05) is 39.3 Å². The Labute approximate surface area is 208 Å². The van der Waals surface area contributed by atoms with Gasteiger partial charge in [-0.15, -0.1) is 0 Å². The van der Waals surface area contributed by atoms with Crippen LogP contribution >= 0.6 is 0 Å². The van der Waals surface area contributed by atoms with Crippen LogP contribution in [0.4, 0.5) is 0 Å². The van der Waals surface area contributed by atoms with Crippen molar-refractivity contribution in [3.05, 3.63) is 34.2 Å². The summed E-state index contributed by atoms with van der Waals surface area (Å²) < 4.78 is 35.4. The van der Waals surface area contributed by atoms with Crippen molar-refractivity contribution >= 4 is 27.0 Å². The fourth-order valence-corrected chi connectivity index (χ4v) is 5.83. The van der Waals surface area contributed by atoms with Crippen LogP contribution in [0.25, 0.3) is 22.4 Å². The Kier molecular flexibility index (Phi) is 7.43. The number of nitrogens with zero attached hydrogens (tertiary/aromatic N) is 5. The number of ether oxygens (including phenoxy) is 1. The molecule has 36 heavy (non-hydrogen) atoms. The minimum Gasteiger partial charge on any atom is -0.493 e. The molecule has 0 bridgehead atoms. The summed E-state index contributed by atoms with van der Waals surface area (Å²) in [5.74, 6) is -0.354. The van der Waals surface area contributed by atoms with E-state index in [-0.39, 0.29) is 35.9 Å². The maximum absolute atomic E-state index is 13.4. The molecule has 13 heteroatoms. The Morgan fingerprint density at radius 2 is 1.92 bits per heavy atom. The number of piperazine rings is 1. The number of nitrogens with one attached hydrogen (secondary N) is 1. The van der Waals surface area contributed by atoms with E-state index in [0.29, 0.717) is 54.2 Å². The first-order valence-corrected chi connectivity index (χ1v) is 13.3. The molecule has 1 aromatic carbocycles. The molecule has 0 atom stereocenters. The lowest BCUT2D eigenvalue weighted by atomic mass is 10.1. The third kappa shape index (κ3) is 4.99. The van der Waals surface area contributed by atoms with Crippen molar-refractivity contribution in [3.8, 4) is 17.1 Å². The van der Waals surface area contributed by atoms with Gasteiger partial charge in [0.2, 0.25) is 10.0 Å². The van der Waals surface area contributed by atoms with Gasteiger partial charge in [-0.05, 0) is 31.5 Å². The first-order valence-electron chi connectivity index (χ1n) is 11.8. The zero-order valence-electron chi connectivity index (χ0n) is 20.5. The molecule has 0 saturated carbocycles. The molecule has 1 aliphatic rings. The highest BCUT2D eigenvalue weighted by Gasteiger charge is 2.30. The lowest BCUT2D eigenvalue weighted by Crippen LogP contribution is -2.49. The number of carboxylic acids is 1. The normalized spacial score (nSPS) is 15.4. The van der Waals surface area contributed by atoms with Gasteiger partial charge in [0.1, 0.15) is 17.1 Å². The number of aryl methyl sites for hydroxylation is 2. The molecule has 0 unspecified atom stereocenters. The van der Waals surface area contributed by atoms with E-state index in [4.69, 9.17) is 9.84 Å². The zero-order valence-corrected chi connectivity index (χ0v) is 21.3. The number of hydrogen-bond donors (Lipinski definition) is 2. The molecule has 2 aromatic heterocycles. The zero-order chi connectivity index (χ0) is 26.0. The summed E-state index contributed by atoms with van der Waals surface area (Å²) in [5, 5.41) is 13.4. The molecule has 3 heterocycles. The number of aromatic nitrogens is 4. The van der Waals surface area contributed by atoms with Crippen LogP contribution in [0.15, 0.2) is 27.9 Å². The lowest BCUT2D eigenvalue weighted by molar-refractivity contribution is -0.138. The molecular weight excluding hydrogens is 488 g/mol. The SMILES string of the molecule is CCCc1nn(C)c2c(=O)[nH]c(-c3cc(S(=O)(=O)N4CCN(CC(=O)O)CC4)ccc3OCC)nc12. The Morgan fingerprint density at radius 3 is 2.56 bits per heavy atom. The van der Waals surface area contributed by atoms with Crippen molar-refractivity contribution < 1.29 is 23.1 Å². The van der Waals surface area contributed by atoms with Gasteiger partial charge in [-0.25, -0.2) is 13.4 Å². The van der Waals surface area contributed by atoms with E-state index in [0.717, 1.165) is 6.42 Å². The number of rotatable bonds is 9. The molecular formula is C23H30N6O6S. The summed E-state index contributed by atoms with van der Waals surface area (Å²) in [6, 6.07) is 4.49. The maximum atomic E-state index is 13.4. The Morgan fingerprint density at radius 1 is 1.19 bits per heavy atom. The van der Waals surface area contributed by atoms with E-state index in [1.54, 1.807) is 18.0 Å². The van der Waals surface area contributed by atoms with Crippen LogP contribution in [0.1, 0.15) is 26.0 Å². The van der Waals surface area contributed by atoms with Gasteiger partial charge in [-0.2, -0.15) is 9.40 Å². The van der Waals surface area contributed by atoms with E-state index in [9.17, 15) is 18.0 Å². The van der Waals surface area contributed by atoms with Gasteiger partial charge < -0.3 is 14.8 Å². The standard InChI is InChI=1S/C23H30N6O6S/c1-4-6-17-20-21(27(3)26-17)23(32)25-22(24-20)16-13-15(7-8-18(16)35-5-2)36(33,34)29-11-9-28(10-12-29)14-19(30)31/h7-8,13H,4-6,9-12,14H2,1-3H3,(H,30,31)(H,24,25,32). The van der Waals surface area contributed by atoms with Gasteiger partial charge in [-0.1, -0.05) is 13.3 Å². The van der Waals surface area contributed by atoms with Gasteiger partial charge >= 0.3 is 5.97 Å². The first kappa shape index (κ1) is 25.8. The Balaban J connectivity index is 1.75. The molecule has 1 aliphatic heterocycles. The fourth-order valence-electron chi connectivity index (χ4n) is 4.38. The smallest absolute Gasteiger partial charge is 0.317 e. The quantitative estimate of drug-likeness (QED) is 0.424. The fraction of sp³-hybridized carbons (Fsp3) is 0.478. The average Bonchev–Trinajstić information content (AvgIpc) is 3.15. The van der Waals surface area contributed by atoms with Crippen LogP contribution in [0.2, 0.25) is 0 Å². The summed E-state index contributed by atoms with van der Waals surface area (Å²) >= 11 is 0. The van der Waals surface area contributed by atoms with E-state index in [1.807, 2.05) is 13.8 Å². The minimum absolute atomic E-state index is 0.0374. The Bertz CT molecular complexity index is 1440. The van der Waals surface area contributed by atoms with Gasteiger partial charge in [0.15, 0.2) is 5.52 Å². The van der Waals surface area contributed by atoms with Crippen molar-refractivity contribution in [2.45, 2.75) is 31.6 Å². The third-order valence-electron chi connectivity index (χ3n) is 6.08. The highest BCUT2D eigenvalue weighted by molar-refractivity contribution is 7.89. The first-order chi connectivity index (χ1) is 17.1. The molecule has 194 valence electrons. The highest BCUT2D eigenvalue weighted by atomic mass is 32.2. The summed E-state index contributed by atoms with van der Waals surface area (Å²) in [6.07, 6.45) is 1.47. The Hall–Kier alpha value is -3.29. The summed E-state index contributed by atoms with van der Waals surface area (Å²) in [6.45, 7) is 5.03. The van der Waals surface area contributed by atoms with Crippen LogP contribution in [0.5, 0.6) is 5.75 Å². The molecule has 12 nitrogen and oxygen atoms in total. The third-order valence-corrected chi connectivity index (χ3v) is 7.98. The molecule has 1 fully saturated rings. The molecule has 3 aromatic rings. The van der Waals surface area contributed by atoms with Gasteiger partial charge in [0.05, 0.1) is 29.3 Å². The summed E-state index contributed by atoms with van der Waals surface area (Å²) in [7, 11) is -2.19. The largest absolute Gasteiger partial charge is 0.493 e. The van der Waals surface area contributed by atoms with Crippen molar-refractivity contribution in [3.63, 3.8) is 0 Å². The number of carbonyl (C=O) groups is 1. The molecule has 0 spiro atoms. The van der Waals surface area contributed by atoms with Crippen LogP contribution in [0.3, 0.4) is 0 Å². The number of carboxylic acid groups (broad SMARTS) is 1. The van der Waals surface area contributed by atoms with E-state index < -0.39 is 16.0 Å². The number of hydrogen-bond acceptors (Lipinski definition) is 8. The second-order valence-corrected chi connectivity index (χ2v) is 10.5. The second-order valence-electron chi connectivity index (χ2n) is 8.60. The van der Waals surface area contributed by atoms with Crippen LogP contribution in [0, 0.1) is 0 Å². The molecule has 0 amide bonds. The summed E-state index contributed by atoms with van der Waals surface area (Å²) in [4.78, 5) is 33.1. The van der Waals surface area contributed by atoms with E-state index in [2.05, 4.69) is 15.1 Å². The topological polar surface area (TPSA) is 151 Å². The van der Waals surface area contributed by atoms with Crippen LogP contribution in [-0.2, 0) is 28.3 Å². The number of aliphatic carboxylic acids is 1. The predicted molar refractivity (Wildman–Crippen MR) is 133 cm³/mol. The van der Waals surface area contributed by atoms with Gasteiger partial charge in [-0.3, -0.25) is 19.2 Å². The predicted octanol–water partition coefficient (Wildman–Crippen LogP) is 1.07. The molecule has 0 aliphatic carbocycles. The number of aromatic amines is 1. The van der Waals surface area contributed by atoms with E-state index >= 15 is 0 Å². The lowest BCUT2D eigenvalue weighted by Gasteiger charge is -2.33. The molecule has 0 radical (unpaired) electrons. The number of fused-ring (bicyclic) bond motifs is 1. The van der Waals surface area contributed by atoms with Crippen LogP contribution in [-0.4, -0.2) is 87.8 Å². The minimum atomic E-state index is -3.87. The molecule has 2 N–H and O–H groups in total.